The SMILES string of the molecule is Cc1ccc(NC(=O)/C(C#N)=C/c2cc3cccc(C)c3nc2Cl)c(C)c1. The van der Waals surface area contributed by atoms with Crippen LogP contribution in [0.15, 0.2) is 48.0 Å². The molecule has 0 unspecified atom stereocenters. The third-order valence-electron chi connectivity index (χ3n) is 4.32. The standard InChI is InChI=1S/C22H18ClN3O/c1-13-7-8-19(15(3)9-13)25-22(27)18(12-24)11-17-10-16-6-4-5-14(2)20(16)26-21(17)23/h4-11H,1-3H3,(H,25,27)/b18-11+. The van der Waals surface area contributed by atoms with Gasteiger partial charge in [-0.2, -0.15) is 5.26 Å². The second-order valence-electron chi connectivity index (χ2n) is 6.46. The van der Waals surface area contributed by atoms with E-state index in [1.807, 2.05) is 69.3 Å². The molecule has 0 saturated carbocycles. The average molecular weight is 376 g/mol. The van der Waals surface area contributed by atoms with E-state index in [-0.39, 0.29) is 10.7 Å². The molecular formula is C22H18ClN3O. The molecule has 27 heavy (non-hydrogen) atoms. The molecule has 0 bridgehead atoms. The fraction of sp³-hybridized carbons (Fsp3) is 0.136. The maximum absolute atomic E-state index is 12.5. The van der Waals surface area contributed by atoms with Crippen molar-refractivity contribution in [1.82, 2.24) is 4.98 Å². The van der Waals surface area contributed by atoms with Gasteiger partial charge < -0.3 is 5.32 Å². The Morgan fingerprint density at radius 1 is 1.15 bits per heavy atom. The smallest absolute Gasteiger partial charge is 0.266 e. The molecule has 5 heteroatoms. The first-order valence-electron chi connectivity index (χ1n) is 8.45. The Kier molecular flexibility index (Phi) is 5.25. The van der Waals surface area contributed by atoms with E-state index in [1.165, 1.54) is 6.08 Å². The van der Waals surface area contributed by atoms with Gasteiger partial charge in [-0.1, -0.05) is 47.5 Å². The number of carbonyl (C=O) groups is 1. The largest absolute Gasteiger partial charge is 0.321 e. The molecule has 4 nitrogen and oxygen atoms in total. The molecule has 0 saturated heterocycles. The molecule has 1 aromatic heterocycles. The first-order chi connectivity index (χ1) is 12.9. The predicted molar refractivity (Wildman–Crippen MR) is 110 cm³/mol. The summed E-state index contributed by atoms with van der Waals surface area (Å²) < 4.78 is 0. The van der Waals surface area contributed by atoms with Crippen LogP contribution in [0, 0.1) is 32.1 Å². The van der Waals surface area contributed by atoms with Gasteiger partial charge in [0.05, 0.1) is 5.52 Å². The van der Waals surface area contributed by atoms with Crippen molar-refractivity contribution in [2.45, 2.75) is 20.8 Å². The summed E-state index contributed by atoms with van der Waals surface area (Å²) >= 11 is 6.29. The fourth-order valence-corrected chi connectivity index (χ4v) is 3.08. The van der Waals surface area contributed by atoms with Crippen molar-refractivity contribution in [3.63, 3.8) is 0 Å². The van der Waals surface area contributed by atoms with E-state index in [2.05, 4.69) is 10.3 Å². The van der Waals surface area contributed by atoms with E-state index in [1.54, 1.807) is 0 Å². The number of para-hydroxylation sites is 1. The van der Waals surface area contributed by atoms with Crippen LogP contribution in [-0.4, -0.2) is 10.9 Å². The normalized spacial score (nSPS) is 11.3. The van der Waals surface area contributed by atoms with Gasteiger partial charge in [-0.05, 0) is 50.1 Å². The molecule has 0 aliphatic carbocycles. The van der Waals surface area contributed by atoms with Crippen molar-refractivity contribution in [3.05, 3.63) is 75.4 Å². The van der Waals surface area contributed by atoms with E-state index in [0.717, 1.165) is 27.6 Å². The molecule has 0 aliphatic heterocycles. The van der Waals surface area contributed by atoms with Crippen LogP contribution in [0.25, 0.3) is 17.0 Å². The summed E-state index contributed by atoms with van der Waals surface area (Å²) in [6, 6.07) is 15.3. The highest BCUT2D eigenvalue weighted by Crippen LogP contribution is 2.25. The molecule has 2 aromatic carbocycles. The summed E-state index contributed by atoms with van der Waals surface area (Å²) in [6.45, 7) is 5.85. The molecule has 3 rings (SSSR count). The summed E-state index contributed by atoms with van der Waals surface area (Å²) in [6.07, 6.45) is 1.47. The number of hydrogen-bond donors (Lipinski definition) is 1. The zero-order valence-electron chi connectivity index (χ0n) is 15.3. The molecule has 0 fully saturated rings. The molecule has 3 aromatic rings. The first kappa shape index (κ1) is 18.6. The highest BCUT2D eigenvalue weighted by molar-refractivity contribution is 6.31. The van der Waals surface area contributed by atoms with E-state index in [0.29, 0.717) is 11.3 Å². The second-order valence-corrected chi connectivity index (χ2v) is 6.82. The topological polar surface area (TPSA) is 65.8 Å². The van der Waals surface area contributed by atoms with Gasteiger partial charge in [0, 0.05) is 16.6 Å². The number of rotatable bonds is 3. The molecular weight excluding hydrogens is 358 g/mol. The molecule has 1 heterocycles. The number of hydrogen-bond acceptors (Lipinski definition) is 3. The lowest BCUT2D eigenvalue weighted by Gasteiger charge is -2.09. The lowest BCUT2D eigenvalue weighted by atomic mass is 10.1. The predicted octanol–water partition coefficient (Wildman–Crippen LogP) is 5.36. The lowest BCUT2D eigenvalue weighted by molar-refractivity contribution is -0.112. The minimum Gasteiger partial charge on any atom is -0.321 e. The third kappa shape index (κ3) is 3.99. The fourth-order valence-electron chi connectivity index (χ4n) is 2.89. The summed E-state index contributed by atoms with van der Waals surface area (Å²) in [5.74, 6) is -0.482. The van der Waals surface area contributed by atoms with Crippen LogP contribution < -0.4 is 5.32 Å². The number of pyridine rings is 1. The maximum atomic E-state index is 12.5. The van der Waals surface area contributed by atoms with Crippen molar-refractivity contribution in [2.75, 3.05) is 5.32 Å². The molecule has 1 amide bonds. The van der Waals surface area contributed by atoms with E-state index >= 15 is 0 Å². The highest BCUT2D eigenvalue weighted by atomic mass is 35.5. The zero-order chi connectivity index (χ0) is 19.6. The monoisotopic (exact) mass is 375 g/mol. The van der Waals surface area contributed by atoms with Gasteiger partial charge in [-0.25, -0.2) is 4.98 Å². The highest BCUT2D eigenvalue weighted by Gasteiger charge is 2.13. The van der Waals surface area contributed by atoms with Crippen LogP contribution in [0.3, 0.4) is 0 Å². The second kappa shape index (κ2) is 7.61. The number of anilines is 1. The summed E-state index contributed by atoms with van der Waals surface area (Å²) in [4.78, 5) is 17.0. The number of nitrogens with zero attached hydrogens (tertiary/aromatic N) is 2. The number of carbonyl (C=O) groups excluding carboxylic acids is 1. The quantitative estimate of drug-likeness (QED) is 0.380. The number of nitriles is 1. The van der Waals surface area contributed by atoms with Crippen LogP contribution in [-0.2, 0) is 4.79 Å². The van der Waals surface area contributed by atoms with Crippen molar-refractivity contribution in [2.24, 2.45) is 0 Å². The number of amides is 1. The number of nitrogens with one attached hydrogen (secondary N) is 1. The van der Waals surface area contributed by atoms with E-state index in [4.69, 9.17) is 11.6 Å². The van der Waals surface area contributed by atoms with Crippen molar-refractivity contribution in [3.8, 4) is 6.07 Å². The first-order valence-corrected chi connectivity index (χ1v) is 8.83. The number of aryl methyl sites for hydroxylation is 3. The summed E-state index contributed by atoms with van der Waals surface area (Å²) in [5, 5.41) is 13.4. The zero-order valence-corrected chi connectivity index (χ0v) is 16.1. The van der Waals surface area contributed by atoms with Crippen molar-refractivity contribution in [1.29, 1.82) is 5.26 Å². The third-order valence-corrected chi connectivity index (χ3v) is 4.63. The van der Waals surface area contributed by atoms with Gasteiger partial charge in [-0.15, -0.1) is 0 Å². The Labute approximate surface area is 163 Å². The van der Waals surface area contributed by atoms with Crippen LogP contribution >= 0.6 is 11.6 Å². The Balaban J connectivity index is 1.96. The Bertz CT molecular complexity index is 1130. The average Bonchev–Trinajstić information content (AvgIpc) is 2.63. The van der Waals surface area contributed by atoms with Gasteiger partial charge in [0.2, 0.25) is 0 Å². The van der Waals surface area contributed by atoms with Gasteiger partial charge in [0.25, 0.3) is 5.91 Å². The van der Waals surface area contributed by atoms with Crippen LogP contribution in [0.2, 0.25) is 5.15 Å². The van der Waals surface area contributed by atoms with Crippen molar-refractivity contribution >= 4 is 40.2 Å². The molecule has 1 N–H and O–H groups in total. The van der Waals surface area contributed by atoms with Gasteiger partial charge in [0.1, 0.15) is 16.8 Å². The molecule has 0 aliphatic rings. The number of aromatic nitrogens is 1. The Hall–Kier alpha value is -3.16. The number of halogens is 1. The summed E-state index contributed by atoms with van der Waals surface area (Å²) in [5.41, 5.74) is 5.01. The lowest BCUT2D eigenvalue weighted by Crippen LogP contribution is -2.14. The number of fused-ring (bicyclic) bond motifs is 1. The maximum Gasteiger partial charge on any atom is 0.266 e. The molecule has 0 spiro atoms. The van der Waals surface area contributed by atoms with E-state index in [9.17, 15) is 10.1 Å². The van der Waals surface area contributed by atoms with E-state index < -0.39 is 5.91 Å². The molecule has 134 valence electrons. The molecule has 0 radical (unpaired) electrons. The van der Waals surface area contributed by atoms with Crippen molar-refractivity contribution < 1.29 is 4.79 Å². The minimum atomic E-state index is -0.482. The summed E-state index contributed by atoms with van der Waals surface area (Å²) in [7, 11) is 0. The van der Waals surface area contributed by atoms with Crippen LogP contribution in [0.5, 0.6) is 0 Å². The Morgan fingerprint density at radius 2 is 1.93 bits per heavy atom. The van der Waals surface area contributed by atoms with Crippen LogP contribution in [0.4, 0.5) is 5.69 Å². The van der Waals surface area contributed by atoms with Crippen LogP contribution in [0.1, 0.15) is 22.3 Å². The minimum absolute atomic E-state index is 0.0364. The van der Waals surface area contributed by atoms with Gasteiger partial charge in [0.15, 0.2) is 0 Å². The number of benzene rings is 2. The molecule has 0 atom stereocenters. The van der Waals surface area contributed by atoms with Gasteiger partial charge in [-0.3, -0.25) is 4.79 Å². The Morgan fingerprint density at radius 3 is 2.63 bits per heavy atom. The van der Waals surface area contributed by atoms with Gasteiger partial charge >= 0.3 is 0 Å².